The lowest BCUT2D eigenvalue weighted by Gasteiger charge is -2.04. The van der Waals surface area contributed by atoms with Crippen LogP contribution < -0.4 is 0 Å². The van der Waals surface area contributed by atoms with Crippen molar-refractivity contribution in [2.45, 2.75) is 0 Å². The molecule has 3 aromatic rings. The van der Waals surface area contributed by atoms with E-state index in [1.165, 1.54) is 0 Å². The van der Waals surface area contributed by atoms with E-state index in [-0.39, 0.29) is 0 Å². The quantitative estimate of drug-likeness (QED) is 0.730. The van der Waals surface area contributed by atoms with Crippen LogP contribution in [0.4, 0.5) is 0 Å². The molecule has 3 rings (SSSR count). The van der Waals surface area contributed by atoms with Gasteiger partial charge in [0.15, 0.2) is 11.3 Å². The Balaban J connectivity index is 2.24. The van der Waals surface area contributed by atoms with Crippen LogP contribution in [0.25, 0.3) is 23.1 Å². The van der Waals surface area contributed by atoms with E-state index in [1.54, 1.807) is 12.5 Å². The first-order chi connectivity index (χ1) is 8.78. The first-order valence-electron chi connectivity index (χ1n) is 5.36. The standard InChI is InChI=1S/C13H9BrN4/c1-2-9-4-3-5-10(6-9)18-8-16-12-13(18)17-11(14)7-15-12/h2-8H,1H2. The van der Waals surface area contributed by atoms with Crippen LogP contribution in [0.15, 0.2) is 48.0 Å². The maximum atomic E-state index is 4.40. The van der Waals surface area contributed by atoms with Crippen LogP contribution in [-0.4, -0.2) is 19.5 Å². The van der Waals surface area contributed by atoms with Gasteiger partial charge in [0.25, 0.3) is 0 Å². The Hall–Kier alpha value is -2.01. The molecule has 0 fully saturated rings. The van der Waals surface area contributed by atoms with Crippen molar-refractivity contribution in [2.75, 3.05) is 0 Å². The Kier molecular flexibility index (Phi) is 2.68. The molecule has 2 aromatic heterocycles. The van der Waals surface area contributed by atoms with Gasteiger partial charge in [-0.05, 0) is 33.6 Å². The number of nitrogens with zero attached hydrogens (tertiary/aromatic N) is 4. The summed E-state index contributed by atoms with van der Waals surface area (Å²) in [5.41, 5.74) is 3.40. The fourth-order valence-corrected chi connectivity index (χ4v) is 2.03. The van der Waals surface area contributed by atoms with Gasteiger partial charge in [-0.25, -0.2) is 15.0 Å². The highest BCUT2D eigenvalue weighted by Crippen LogP contribution is 2.18. The normalized spacial score (nSPS) is 10.7. The number of hydrogen-bond donors (Lipinski definition) is 0. The third-order valence-corrected chi connectivity index (χ3v) is 3.00. The summed E-state index contributed by atoms with van der Waals surface area (Å²) in [5.74, 6) is 0. The van der Waals surface area contributed by atoms with Crippen molar-refractivity contribution >= 4 is 33.3 Å². The molecule has 0 N–H and O–H groups in total. The van der Waals surface area contributed by atoms with Crippen LogP contribution in [0.2, 0.25) is 0 Å². The lowest BCUT2D eigenvalue weighted by Crippen LogP contribution is -1.95. The molecule has 18 heavy (non-hydrogen) atoms. The molecule has 0 aliphatic heterocycles. The second-order valence-corrected chi connectivity index (χ2v) is 4.57. The Bertz CT molecular complexity index is 733. The van der Waals surface area contributed by atoms with Gasteiger partial charge >= 0.3 is 0 Å². The van der Waals surface area contributed by atoms with Crippen molar-refractivity contribution in [1.82, 2.24) is 19.5 Å². The van der Waals surface area contributed by atoms with E-state index in [1.807, 2.05) is 34.9 Å². The second-order valence-electron chi connectivity index (χ2n) is 3.75. The van der Waals surface area contributed by atoms with E-state index >= 15 is 0 Å². The zero-order valence-electron chi connectivity index (χ0n) is 9.42. The molecule has 0 radical (unpaired) electrons. The lowest BCUT2D eigenvalue weighted by atomic mass is 10.2. The number of aromatic nitrogens is 4. The van der Waals surface area contributed by atoms with Crippen molar-refractivity contribution in [3.8, 4) is 5.69 Å². The van der Waals surface area contributed by atoms with Gasteiger partial charge in [-0.2, -0.15) is 0 Å². The third-order valence-electron chi connectivity index (χ3n) is 2.61. The summed E-state index contributed by atoms with van der Waals surface area (Å²) in [6.45, 7) is 3.77. The number of rotatable bonds is 2. The van der Waals surface area contributed by atoms with Crippen molar-refractivity contribution in [2.24, 2.45) is 0 Å². The minimum atomic E-state index is 0.627. The first kappa shape index (κ1) is 11.1. The number of fused-ring (bicyclic) bond motifs is 1. The van der Waals surface area contributed by atoms with Crippen molar-refractivity contribution in [3.05, 3.63) is 53.5 Å². The monoisotopic (exact) mass is 300 g/mol. The highest BCUT2D eigenvalue weighted by atomic mass is 79.9. The van der Waals surface area contributed by atoms with Gasteiger partial charge in [-0.15, -0.1) is 0 Å². The van der Waals surface area contributed by atoms with Gasteiger partial charge in [0.05, 0.1) is 6.20 Å². The molecule has 0 spiro atoms. The zero-order valence-corrected chi connectivity index (χ0v) is 11.0. The van der Waals surface area contributed by atoms with E-state index in [9.17, 15) is 0 Å². The van der Waals surface area contributed by atoms with Gasteiger partial charge in [0, 0.05) is 5.69 Å². The molecular weight excluding hydrogens is 292 g/mol. The van der Waals surface area contributed by atoms with Gasteiger partial charge < -0.3 is 0 Å². The predicted molar refractivity (Wildman–Crippen MR) is 74.5 cm³/mol. The Morgan fingerprint density at radius 2 is 2.17 bits per heavy atom. The smallest absolute Gasteiger partial charge is 0.197 e. The number of imidazole rings is 1. The average Bonchev–Trinajstić information content (AvgIpc) is 2.81. The molecule has 88 valence electrons. The molecule has 1 aromatic carbocycles. The molecule has 4 nitrogen and oxygen atoms in total. The highest BCUT2D eigenvalue weighted by Gasteiger charge is 2.07. The Labute approximate surface area is 112 Å². The Morgan fingerprint density at radius 1 is 1.28 bits per heavy atom. The van der Waals surface area contributed by atoms with Crippen LogP contribution >= 0.6 is 15.9 Å². The van der Waals surface area contributed by atoms with Crippen molar-refractivity contribution in [3.63, 3.8) is 0 Å². The van der Waals surface area contributed by atoms with Crippen molar-refractivity contribution < 1.29 is 0 Å². The maximum Gasteiger partial charge on any atom is 0.197 e. The number of hydrogen-bond acceptors (Lipinski definition) is 3. The van der Waals surface area contributed by atoms with E-state index in [0.717, 1.165) is 16.9 Å². The summed E-state index contributed by atoms with van der Waals surface area (Å²) in [4.78, 5) is 12.8. The van der Waals surface area contributed by atoms with Gasteiger partial charge in [0.1, 0.15) is 10.9 Å². The van der Waals surface area contributed by atoms with Crippen LogP contribution in [0.3, 0.4) is 0 Å². The molecule has 5 heteroatoms. The highest BCUT2D eigenvalue weighted by molar-refractivity contribution is 9.10. The van der Waals surface area contributed by atoms with E-state index in [2.05, 4.69) is 37.5 Å². The predicted octanol–water partition coefficient (Wildman–Crippen LogP) is 3.22. The summed E-state index contributed by atoms with van der Waals surface area (Å²) in [6, 6.07) is 7.99. The molecular formula is C13H9BrN4. The van der Waals surface area contributed by atoms with Crippen LogP contribution in [0.1, 0.15) is 5.56 Å². The van der Waals surface area contributed by atoms with Gasteiger partial charge in [-0.3, -0.25) is 4.57 Å². The molecule has 0 unspecified atom stereocenters. The fourth-order valence-electron chi connectivity index (χ4n) is 1.76. The maximum absolute atomic E-state index is 4.40. The van der Waals surface area contributed by atoms with E-state index in [4.69, 9.17) is 0 Å². The van der Waals surface area contributed by atoms with E-state index < -0.39 is 0 Å². The molecule has 0 atom stereocenters. The van der Waals surface area contributed by atoms with Crippen molar-refractivity contribution in [1.29, 1.82) is 0 Å². The summed E-state index contributed by atoms with van der Waals surface area (Å²) >= 11 is 3.32. The molecule has 2 heterocycles. The zero-order chi connectivity index (χ0) is 12.5. The average molecular weight is 301 g/mol. The van der Waals surface area contributed by atoms with Gasteiger partial charge in [0.2, 0.25) is 0 Å². The lowest BCUT2D eigenvalue weighted by molar-refractivity contribution is 1.06. The van der Waals surface area contributed by atoms with Gasteiger partial charge in [-0.1, -0.05) is 24.8 Å². The Morgan fingerprint density at radius 3 is 3.00 bits per heavy atom. The molecule has 0 bridgehead atoms. The molecule has 0 aliphatic rings. The first-order valence-corrected chi connectivity index (χ1v) is 6.16. The number of halogens is 1. The molecule has 0 saturated carbocycles. The molecule has 0 saturated heterocycles. The van der Waals surface area contributed by atoms with Crippen LogP contribution in [0.5, 0.6) is 0 Å². The summed E-state index contributed by atoms with van der Waals surface area (Å²) in [5, 5.41) is 0. The van der Waals surface area contributed by atoms with Crippen LogP contribution in [-0.2, 0) is 0 Å². The second kappa shape index (κ2) is 4.34. The largest absolute Gasteiger partial charge is 0.282 e. The molecule has 0 amide bonds. The minimum Gasteiger partial charge on any atom is -0.282 e. The molecule has 0 aliphatic carbocycles. The topological polar surface area (TPSA) is 43.6 Å². The van der Waals surface area contributed by atoms with Crippen LogP contribution in [0, 0.1) is 0 Å². The SMILES string of the molecule is C=Cc1cccc(-n2cnc3ncc(Br)nc32)c1. The van der Waals surface area contributed by atoms with E-state index in [0.29, 0.717) is 10.3 Å². The summed E-state index contributed by atoms with van der Waals surface area (Å²) < 4.78 is 2.59. The number of benzene rings is 1. The minimum absolute atomic E-state index is 0.627. The summed E-state index contributed by atoms with van der Waals surface area (Å²) in [6.07, 6.45) is 5.17. The summed E-state index contributed by atoms with van der Waals surface area (Å²) in [7, 11) is 0. The fraction of sp³-hybridized carbons (Fsp3) is 0. The third kappa shape index (κ3) is 1.82.